The zero-order chi connectivity index (χ0) is 15.2. The molecular formula is C13H10N4O4. The van der Waals surface area contributed by atoms with Gasteiger partial charge in [-0.05, 0) is 29.8 Å². The number of hydrogen-bond donors (Lipinski definition) is 2. The summed E-state index contributed by atoms with van der Waals surface area (Å²) in [5.74, 6) is -0.960. The molecule has 0 aliphatic rings. The van der Waals surface area contributed by atoms with E-state index >= 15 is 0 Å². The number of phenolic OH excluding ortho intramolecular Hbond substituents is 1. The van der Waals surface area contributed by atoms with E-state index < -0.39 is 22.3 Å². The van der Waals surface area contributed by atoms with Crippen LogP contribution in [0.4, 0.5) is 5.69 Å². The van der Waals surface area contributed by atoms with Crippen LogP contribution in [0, 0.1) is 10.1 Å². The van der Waals surface area contributed by atoms with E-state index in [0.29, 0.717) is 5.56 Å². The van der Waals surface area contributed by atoms with Crippen LogP contribution in [0.25, 0.3) is 0 Å². The zero-order valence-electron chi connectivity index (χ0n) is 10.6. The fraction of sp³-hybridized carbons (Fsp3) is 0. The predicted octanol–water partition coefficient (Wildman–Crippen LogP) is 1.46. The molecule has 8 heteroatoms. The van der Waals surface area contributed by atoms with Gasteiger partial charge < -0.3 is 5.11 Å². The SMILES string of the molecule is O=C(NN=Cc1ccc([N+](=O)[O-])c(O)c1)c1ccccn1. The van der Waals surface area contributed by atoms with E-state index in [1.165, 1.54) is 30.6 Å². The number of nitrogens with one attached hydrogen (secondary N) is 1. The van der Waals surface area contributed by atoms with Crippen molar-refractivity contribution in [3.63, 3.8) is 0 Å². The van der Waals surface area contributed by atoms with Crippen molar-refractivity contribution in [3.05, 3.63) is 64.0 Å². The summed E-state index contributed by atoms with van der Waals surface area (Å²) in [6.45, 7) is 0. The van der Waals surface area contributed by atoms with Crippen LogP contribution in [0.5, 0.6) is 5.75 Å². The van der Waals surface area contributed by atoms with Gasteiger partial charge in [0.1, 0.15) is 5.69 Å². The van der Waals surface area contributed by atoms with Gasteiger partial charge in [0.25, 0.3) is 5.91 Å². The highest BCUT2D eigenvalue weighted by atomic mass is 16.6. The molecule has 0 saturated carbocycles. The van der Waals surface area contributed by atoms with Gasteiger partial charge in [0.05, 0.1) is 11.1 Å². The molecule has 1 aromatic carbocycles. The number of nitrogens with zero attached hydrogens (tertiary/aromatic N) is 3. The molecule has 2 N–H and O–H groups in total. The highest BCUT2D eigenvalue weighted by Gasteiger charge is 2.12. The van der Waals surface area contributed by atoms with Crippen molar-refractivity contribution in [1.82, 2.24) is 10.4 Å². The number of benzene rings is 1. The summed E-state index contributed by atoms with van der Waals surface area (Å²) >= 11 is 0. The van der Waals surface area contributed by atoms with Crippen molar-refractivity contribution in [1.29, 1.82) is 0 Å². The van der Waals surface area contributed by atoms with Gasteiger partial charge in [-0.1, -0.05) is 6.07 Å². The molecule has 8 nitrogen and oxygen atoms in total. The second-order valence-electron chi connectivity index (χ2n) is 3.92. The molecule has 21 heavy (non-hydrogen) atoms. The Morgan fingerprint density at radius 3 is 2.81 bits per heavy atom. The first-order chi connectivity index (χ1) is 10.1. The largest absolute Gasteiger partial charge is 0.502 e. The Labute approximate surface area is 118 Å². The Bertz CT molecular complexity index is 701. The first kappa shape index (κ1) is 14.1. The molecule has 1 aromatic heterocycles. The van der Waals surface area contributed by atoms with E-state index in [1.807, 2.05) is 0 Å². The van der Waals surface area contributed by atoms with Crippen LogP contribution in [-0.2, 0) is 0 Å². The minimum Gasteiger partial charge on any atom is -0.502 e. The molecule has 0 aliphatic heterocycles. The molecular weight excluding hydrogens is 276 g/mol. The fourth-order valence-corrected chi connectivity index (χ4v) is 1.49. The minimum absolute atomic E-state index is 0.209. The molecule has 2 aromatic rings. The lowest BCUT2D eigenvalue weighted by atomic mass is 10.2. The summed E-state index contributed by atoms with van der Waals surface area (Å²) in [5.41, 5.74) is 2.47. The zero-order valence-corrected chi connectivity index (χ0v) is 10.6. The molecule has 0 atom stereocenters. The number of aromatic nitrogens is 1. The third kappa shape index (κ3) is 3.60. The monoisotopic (exact) mass is 286 g/mol. The first-order valence-corrected chi connectivity index (χ1v) is 5.80. The number of phenols is 1. The first-order valence-electron chi connectivity index (χ1n) is 5.80. The maximum Gasteiger partial charge on any atom is 0.310 e. The molecule has 106 valence electrons. The van der Waals surface area contributed by atoms with Gasteiger partial charge in [-0.2, -0.15) is 5.10 Å². The molecule has 2 rings (SSSR count). The number of rotatable bonds is 4. The second kappa shape index (κ2) is 6.24. The van der Waals surface area contributed by atoms with Crippen LogP contribution in [0.3, 0.4) is 0 Å². The van der Waals surface area contributed by atoms with E-state index in [2.05, 4.69) is 15.5 Å². The number of pyridine rings is 1. The summed E-state index contributed by atoms with van der Waals surface area (Å²) in [4.78, 5) is 25.3. The third-order valence-electron chi connectivity index (χ3n) is 2.47. The van der Waals surface area contributed by atoms with Gasteiger partial charge in [-0.25, -0.2) is 5.43 Å². The van der Waals surface area contributed by atoms with E-state index in [1.54, 1.807) is 12.1 Å². The van der Waals surface area contributed by atoms with Gasteiger partial charge in [-0.15, -0.1) is 0 Å². The molecule has 0 spiro atoms. The number of carbonyl (C=O) groups excluding carboxylic acids is 1. The van der Waals surface area contributed by atoms with Crippen LogP contribution in [0.15, 0.2) is 47.7 Å². The highest BCUT2D eigenvalue weighted by molar-refractivity contribution is 5.93. The van der Waals surface area contributed by atoms with Crippen LogP contribution >= 0.6 is 0 Å². The predicted molar refractivity (Wildman–Crippen MR) is 74.1 cm³/mol. The van der Waals surface area contributed by atoms with Gasteiger partial charge >= 0.3 is 5.69 Å². The Morgan fingerprint density at radius 2 is 2.19 bits per heavy atom. The molecule has 0 aliphatic carbocycles. The standard InChI is InChI=1S/C13H10N4O4/c18-12-7-9(4-5-11(12)17(20)21)8-15-16-13(19)10-3-1-2-6-14-10/h1-8,18H,(H,16,19). The smallest absolute Gasteiger partial charge is 0.310 e. The van der Waals surface area contributed by atoms with Crippen molar-refractivity contribution < 1.29 is 14.8 Å². The summed E-state index contributed by atoms with van der Waals surface area (Å²) in [6.07, 6.45) is 2.73. The number of amides is 1. The van der Waals surface area contributed by atoms with E-state index in [4.69, 9.17) is 0 Å². The Morgan fingerprint density at radius 1 is 1.38 bits per heavy atom. The molecule has 0 saturated heterocycles. The second-order valence-corrected chi connectivity index (χ2v) is 3.92. The summed E-state index contributed by atoms with van der Waals surface area (Å²) < 4.78 is 0. The fourth-order valence-electron chi connectivity index (χ4n) is 1.49. The molecule has 0 unspecified atom stereocenters. The number of aromatic hydroxyl groups is 1. The molecule has 1 heterocycles. The number of nitro groups is 1. The lowest BCUT2D eigenvalue weighted by Crippen LogP contribution is -2.18. The quantitative estimate of drug-likeness (QED) is 0.501. The van der Waals surface area contributed by atoms with Crippen molar-refractivity contribution in [2.75, 3.05) is 0 Å². The number of hydrogen-bond acceptors (Lipinski definition) is 6. The normalized spacial score (nSPS) is 10.5. The van der Waals surface area contributed by atoms with Gasteiger partial charge in [-0.3, -0.25) is 19.9 Å². The van der Waals surface area contributed by atoms with Gasteiger partial charge in [0, 0.05) is 12.3 Å². The number of carbonyl (C=O) groups is 1. The molecule has 0 radical (unpaired) electrons. The van der Waals surface area contributed by atoms with Gasteiger partial charge in [0.2, 0.25) is 0 Å². The highest BCUT2D eigenvalue weighted by Crippen LogP contribution is 2.25. The van der Waals surface area contributed by atoms with Crippen molar-refractivity contribution in [2.24, 2.45) is 5.10 Å². The van der Waals surface area contributed by atoms with E-state index in [9.17, 15) is 20.0 Å². The van der Waals surface area contributed by atoms with Gasteiger partial charge in [0.15, 0.2) is 5.75 Å². The molecule has 1 amide bonds. The summed E-state index contributed by atoms with van der Waals surface area (Å²) in [7, 11) is 0. The van der Waals surface area contributed by atoms with Crippen molar-refractivity contribution >= 4 is 17.8 Å². The van der Waals surface area contributed by atoms with E-state index in [0.717, 1.165) is 6.07 Å². The number of nitro benzene ring substituents is 1. The van der Waals surface area contributed by atoms with Crippen molar-refractivity contribution in [2.45, 2.75) is 0 Å². The van der Waals surface area contributed by atoms with Crippen LogP contribution in [0.1, 0.15) is 16.1 Å². The molecule has 0 bridgehead atoms. The van der Waals surface area contributed by atoms with Crippen LogP contribution < -0.4 is 5.43 Å². The lowest BCUT2D eigenvalue weighted by molar-refractivity contribution is -0.385. The lowest BCUT2D eigenvalue weighted by Gasteiger charge is -1.99. The Balaban J connectivity index is 2.03. The van der Waals surface area contributed by atoms with E-state index in [-0.39, 0.29) is 5.69 Å². The summed E-state index contributed by atoms with van der Waals surface area (Å²) in [5, 5.41) is 23.7. The van der Waals surface area contributed by atoms with Crippen LogP contribution in [0.2, 0.25) is 0 Å². The summed E-state index contributed by atoms with van der Waals surface area (Å²) in [6, 6.07) is 8.60. The van der Waals surface area contributed by atoms with Crippen LogP contribution in [-0.4, -0.2) is 27.1 Å². The third-order valence-corrected chi connectivity index (χ3v) is 2.47. The molecule has 0 fully saturated rings. The minimum atomic E-state index is -0.695. The topological polar surface area (TPSA) is 118 Å². The maximum absolute atomic E-state index is 11.6. The number of hydrazone groups is 1. The average molecular weight is 286 g/mol. The maximum atomic E-state index is 11.6. The average Bonchev–Trinajstić information content (AvgIpc) is 2.47. The Hall–Kier alpha value is -3.29. The van der Waals surface area contributed by atoms with Crippen molar-refractivity contribution in [3.8, 4) is 5.75 Å². The Kier molecular flexibility index (Phi) is 4.20.